The Kier molecular flexibility index (Phi) is 6.05. The molecule has 1 aromatic carbocycles. The molecule has 1 aromatic rings. The van der Waals surface area contributed by atoms with Crippen LogP contribution in [0.5, 0.6) is 0 Å². The molecule has 1 spiro atoms. The van der Waals surface area contributed by atoms with Crippen LogP contribution in [0.4, 0.5) is 5.69 Å². The molecule has 8 nitrogen and oxygen atoms in total. The van der Waals surface area contributed by atoms with E-state index in [2.05, 4.69) is 6.58 Å². The first kappa shape index (κ1) is 23.7. The molecule has 2 amide bonds. The molecule has 3 aliphatic heterocycles. The second kappa shape index (κ2) is 8.42. The first-order chi connectivity index (χ1) is 15.6. The third-order valence-electron chi connectivity index (χ3n) is 7.37. The second-order valence-corrected chi connectivity index (χ2v) is 9.72. The van der Waals surface area contributed by atoms with Gasteiger partial charge in [0.15, 0.2) is 0 Å². The van der Waals surface area contributed by atoms with Gasteiger partial charge in [-0.2, -0.15) is 0 Å². The molecule has 2 unspecified atom stereocenters. The highest BCUT2D eigenvalue weighted by Crippen LogP contribution is 2.63. The van der Waals surface area contributed by atoms with Crippen LogP contribution in [0.1, 0.15) is 31.7 Å². The summed E-state index contributed by atoms with van der Waals surface area (Å²) in [6.45, 7) is 7.45. The van der Waals surface area contributed by atoms with Crippen molar-refractivity contribution in [3.05, 3.63) is 41.4 Å². The SMILES string of the molecule is C=CCN(C(=O)C1N(CCCO)C(=O)[C@@H]2[C@H](C(=O)O)[C@]3(C)CCC12O3)c1c(C)cccc1Cl. The van der Waals surface area contributed by atoms with Crippen molar-refractivity contribution in [2.45, 2.75) is 50.4 Å². The molecule has 3 fully saturated rings. The fraction of sp³-hybridized carbons (Fsp3) is 0.542. The van der Waals surface area contributed by atoms with Crippen molar-refractivity contribution in [2.75, 3.05) is 24.6 Å². The number of fused-ring (bicyclic) bond motifs is 1. The third kappa shape index (κ3) is 3.38. The molecule has 33 heavy (non-hydrogen) atoms. The number of aryl methyl sites for hydroxylation is 1. The van der Waals surface area contributed by atoms with Crippen LogP contribution in [-0.4, -0.2) is 69.8 Å². The van der Waals surface area contributed by atoms with Gasteiger partial charge in [0, 0.05) is 19.7 Å². The predicted molar refractivity (Wildman–Crippen MR) is 122 cm³/mol. The number of anilines is 1. The molecule has 178 valence electrons. The number of aliphatic carboxylic acids is 1. The molecule has 2 N–H and O–H groups in total. The van der Waals surface area contributed by atoms with Crippen LogP contribution in [0.3, 0.4) is 0 Å². The third-order valence-corrected chi connectivity index (χ3v) is 7.67. The minimum Gasteiger partial charge on any atom is -0.481 e. The second-order valence-electron chi connectivity index (χ2n) is 9.32. The van der Waals surface area contributed by atoms with Gasteiger partial charge in [-0.25, -0.2) is 0 Å². The summed E-state index contributed by atoms with van der Waals surface area (Å²) in [5, 5.41) is 19.8. The highest BCUT2D eigenvalue weighted by molar-refractivity contribution is 6.34. The Hall–Kier alpha value is -2.42. The Labute approximate surface area is 197 Å². The highest BCUT2D eigenvalue weighted by Gasteiger charge is 2.78. The van der Waals surface area contributed by atoms with E-state index in [0.29, 0.717) is 23.6 Å². The fourth-order valence-corrected chi connectivity index (χ4v) is 6.42. The van der Waals surface area contributed by atoms with E-state index in [-0.39, 0.29) is 26.1 Å². The van der Waals surface area contributed by atoms with Gasteiger partial charge in [-0.05, 0) is 44.7 Å². The molecule has 9 heteroatoms. The van der Waals surface area contributed by atoms with Crippen molar-refractivity contribution in [1.29, 1.82) is 0 Å². The number of para-hydroxylation sites is 1. The average molecular weight is 477 g/mol. The van der Waals surface area contributed by atoms with Crippen LogP contribution in [0.15, 0.2) is 30.9 Å². The Morgan fingerprint density at radius 1 is 1.39 bits per heavy atom. The van der Waals surface area contributed by atoms with Gasteiger partial charge in [0.2, 0.25) is 5.91 Å². The number of rotatable bonds is 8. The Bertz CT molecular complexity index is 994. The summed E-state index contributed by atoms with van der Waals surface area (Å²) in [6.07, 6.45) is 2.69. The van der Waals surface area contributed by atoms with Crippen LogP contribution in [0.2, 0.25) is 5.02 Å². The van der Waals surface area contributed by atoms with Crippen molar-refractivity contribution in [3.63, 3.8) is 0 Å². The maximum Gasteiger partial charge on any atom is 0.310 e. The van der Waals surface area contributed by atoms with Gasteiger partial charge >= 0.3 is 5.97 Å². The molecular formula is C24H29ClN2O6. The molecule has 2 bridgehead atoms. The number of hydrogen-bond donors (Lipinski definition) is 2. The number of aliphatic hydroxyl groups excluding tert-OH is 1. The molecule has 5 atom stereocenters. The molecule has 0 saturated carbocycles. The first-order valence-corrected chi connectivity index (χ1v) is 11.5. The summed E-state index contributed by atoms with van der Waals surface area (Å²) < 4.78 is 6.37. The Morgan fingerprint density at radius 2 is 2.12 bits per heavy atom. The number of likely N-dealkylation sites (tertiary alicyclic amines) is 1. The van der Waals surface area contributed by atoms with Gasteiger partial charge in [0.25, 0.3) is 5.91 Å². The van der Waals surface area contributed by atoms with Gasteiger partial charge in [-0.1, -0.05) is 29.8 Å². The smallest absolute Gasteiger partial charge is 0.310 e. The van der Waals surface area contributed by atoms with Gasteiger partial charge in [-0.3, -0.25) is 14.4 Å². The normalized spacial score (nSPS) is 32.2. The minimum absolute atomic E-state index is 0.125. The number of carbonyl (C=O) groups is 3. The first-order valence-electron chi connectivity index (χ1n) is 11.1. The maximum atomic E-state index is 14.2. The monoisotopic (exact) mass is 476 g/mol. The Morgan fingerprint density at radius 3 is 2.73 bits per heavy atom. The lowest BCUT2D eigenvalue weighted by molar-refractivity contribution is -0.154. The number of halogens is 1. The lowest BCUT2D eigenvalue weighted by atomic mass is 9.66. The van der Waals surface area contributed by atoms with Crippen LogP contribution in [0.25, 0.3) is 0 Å². The summed E-state index contributed by atoms with van der Waals surface area (Å²) >= 11 is 6.48. The number of ether oxygens (including phenoxy) is 1. The average Bonchev–Trinajstić information content (AvgIpc) is 3.31. The topological polar surface area (TPSA) is 107 Å². The van der Waals surface area contributed by atoms with E-state index in [1.165, 1.54) is 9.80 Å². The van der Waals surface area contributed by atoms with Crippen LogP contribution in [0, 0.1) is 18.8 Å². The van der Waals surface area contributed by atoms with E-state index in [1.807, 2.05) is 13.0 Å². The van der Waals surface area contributed by atoms with E-state index in [4.69, 9.17) is 16.3 Å². The predicted octanol–water partition coefficient (Wildman–Crippen LogP) is 2.40. The van der Waals surface area contributed by atoms with Gasteiger partial charge < -0.3 is 24.7 Å². The number of carbonyl (C=O) groups excluding carboxylic acids is 2. The number of aliphatic hydroxyl groups is 1. The summed E-state index contributed by atoms with van der Waals surface area (Å²) in [5.41, 5.74) is -0.954. The van der Waals surface area contributed by atoms with Gasteiger partial charge in [0.1, 0.15) is 11.6 Å². The minimum atomic E-state index is -1.24. The van der Waals surface area contributed by atoms with Crippen molar-refractivity contribution in [2.24, 2.45) is 11.8 Å². The fourth-order valence-electron chi connectivity index (χ4n) is 6.10. The number of nitrogens with zero attached hydrogens (tertiary/aromatic N) is 2. The standard InChI is InChI=1S/C24H29ClN2O6/c1-4-11-26(18-14(2)7-5-8-15(18)25)21(30)19-24-10-9-23(3,33-24)17(22(31)32)16(24)20(29)27(19)12-6-13-28/h4-5,7-8,16-17,19,28H,1,6,9-13H2,2-3H3,(H,31,32)/t16-,17+,19?,23-,24?/m0/s1. The molecule has 0 aliphatic carbocycles. The van der Waals surface area contributed by atoms with Crippen molar-refractivity contribution >= 4 is 35.1 Å². The van der Waals surface area contributed by atoms with E-state index in [9.17, 15) is 24.6 Å². The summed E-state index contributed by atoms with van der Waals surface area (Å²) in [4.78, 5) is 42.9. The van der Waals surface area contributed by atoms with Gasteiger partial charge in [0.05, 0.1) is 28.1 Å². The molecule has 0 radical (unpaired) electrons. The summed E-state index contributed by atoms with van der Waals surface area (Å²) in [7, 11) is 0. The zero-order valence-electron chi connectivity index (χ0n) is 18.8. The van der Waals surface area contributed by atoms with Crippen molar-refractivity contribution in [1.82, 2.24) is 4.90 Å². The van der Waals surface area contributed by atoms with Crippen molar-refractivity contribution in [3.8, 4) is 0 Å². The van der Waals surface area contributed by atoms with Crippen LogP contribution >= 0.6 is 11.6 Å². The van der Waals surface area contributed by atoms with Crippen LogP contribution < -0.4 is 4.90 Å². The van der Waals surface area contributed by atoms with E-state index in [0.717, 1.165) is 5.56 Å². The number of hydrogen-bond acceptors (Lipinski definition) is 5. The van der Waals surface area contributed by atoms with E-state index >= 15 is 0 Å². The maximum absolute atomic E-state index is 14.2. The Balaban J connectivity index is 1.84. The number of amides is 2. The summed E-state index contributed by atoms with van der Waals surface area (Å²) in [5.74, 6) is -3.90. The number of carboxylic acids is 1. The lowest BCUT2D eigenvalue weighted by Crippen LogP contribution is -2.56. The summed E-state index contributed by atoms with van der Waals surface area (Å²) in [6, 6.07) is 4.30. The lowest BCUT2D eigenvalue weighted by Gasteiger charge is -2.37. The molecular weight excluding hydrogens is 448 g/mol. The largest absolute Gasteiger partial charge is 0.481 e. The molecule has 4 rings (SSSR count). The zero-order chi connectivity index (χ0) is 24.1. The molecule has 3 saturated heterocycles. The number of carboxylic acid groups (broad SMARTS) is 1. The molecule has 3 aliphatic rings. The zero-order valence-corrected chi connectivity index (χ0v) is 19.5. The van der Waals surface area contributed by atoms with E-state index < -0.39 is 46.9 Å². The number of benzene rings is 1. The van der Waals surface area contributed by atoms with Gasteiger partial charge in [-0.15, -0.1) is 6.58 Å². The highest BCUT2D eigenvalue weighted by atomic mass is 35.5. The quantitative estimate of drug-likeness (QED) is 0.558. The molecule has 0 aromatic heterocycles. The van der Waals surface area contributed by atoms with E-state index in [1.54, 1.807) is 25.1 Å². The van der Waals surface area contributed by atoms with Crippen molar-refractivity contribution < 1.29 is 29.3 Å². The van der Waals surface area contributed by atoms with Crippen LogP contribution in [-0.2, 0) is 19.1 Å². The molecule has 3 heterocycles.